The lowest BCUT2D eigenvalue weighted by Gasteiger charge is -2.24. The second-order valence-corrected chi connectivity index (χ2v) is 5.14. The predicted molar refractivity (Wildman–Crippen MR) is 56.7 cm³/mol. The molecule has 3 nitrogen and oxygen atoms in total. The third-order valence-corrected chi connectivity index (χ3v) is 3.89. The summed E-state index contributed by atoms with van der Waals surface area (Å²) in [7, 11) is 0. The highest BCUT2D eigenvalue weighted by molar-refractivity contribution is 5.69. The van der Waals surface area contributed by atoms with E-state index in [1.165, 1.54) is 25.7 Å². The van der Waals surface area contributed by atoms with E-state index in [2.05, 4.69) is 0 Å². The van der Waals surface area contributed by atoms with Crippen LogP contribution in [-0.2, 0) is 9.53 Å². The Kier molecular flexibility index (Phi) is 3.01. The quantitative estimate of drug-likeness (QED) is 0.782. The summed E-state index contributed by atoms with van der Waals surface area (Å²) in [6, 6.07) is 0. The minimum Gasteiger partial charge on any atom is -0.481 e. The molecular formula is C12H20O3. The molecule has 0 amide bonds. The van der Waals surface area contributed by atoms with Gasteiger partial charge in [-0.15, -0.1) is 0 Å². The summed E-state index contributed by atoms with van der Waals surface area (Å²) in [6.07, 6.45) is 7.99. The summed E-state index contributed by atoms with van der Waals surface area (Å²) >= 11 is 0. The molecular weight excluding hydrogens is 192 g/mol. The molecule has 2 atom stereocenters. The van der Waals surface area contributed by atoms with Gasteiger partial charge in [-0.05, 0) is 32.1 Å². The van der Waals surface area contributed by atoms with Crippen LogP contribution in [0.5, 0.6) is 0 Å². The number of carboxylic acid groups (broad SMARTS) is 1. The molecule has 1 saturated heterocycles. The van der Waals surface area contributed by atoms with Crippen LogP contribution in [0, 0.1) is 5.92 Å². The molecule has 2 fully saturated rings. The lowest BCUT2D eigenvalue weighted by molar-refractivity contribution is -0.143. The van der Waals surface area contributed by atoms with E-state index in [0.29, 0.717) is 6.42 Å². The summed E-state index contributed by atoms with van der Waals surface area (Å²) in [6.45, 7) is 1.77. The molecule has 2 unspecified atom stereocenters. The first kappa shape index (κ1) is 10.9. The fourth-order valence-electron chi connectivity index (χ4n) is 2.94. The van der Waals surface area contributed by atoms with Crippen LogP contribution in [-0.4, -0.2) is 22.8 Å². The standard InChI is InChI=1S/C12H20O3/c1-9(11(13)14)8-10-4-7-12(15-10)5-2-3-6-12/h9-10H,2-8H2,1H3,(H,13,14). The number of ether oxygens (including phenoxy) is 1. The zero-order valence-corrected chi connectivity index (χ0v) is 9.37. The van der Waals surface area contributed by atoms with Crippen LogP contribution in [0.2, 0.25) is 0 Å². The minimum absolute atomic E-state index is 0.142. The minimum atomic E-state index is -0.703. The Morgan fingerprint density at radius 2 is 2.13 bits per heavy atom. The number of aliphatic carboxylic acids is 1. The molecule has 0 bridgehead atoms. The largest absolute Gasteiger partial charge is 0.481 e. The van der Waals surface area contributed by atoms with Crippen LogP contribution in [0.25, 0.3) is 0 Å². The van der Waals surface area contributed by atoms with Gasteiger partial charge in [-0.25, -0.2) is 0 Å². The van der Waals surface area contributed by atoms with E-state index in [1.807, 2.05) is 0 Å². The van der Waals surface area contributed by atoms with E-state index in [-0.39, 0.29) is 17.6 Å². The van der Waals surface area contributed by atoms with Gasteiger partial charge < -0.3 is 9.84 Å². The fourth-order valence-corrected chi connectivity index (χ4v) is 2.94. The molecule has 0 aromatic heterocycles. The van der Waals surface area contributed by atoms with Crippen molar-refractivity contribution in [1.82, 2.24) is 0 Å². The molecule has 0 aromatic rings. The van der Waals surface area contributed by atoms with Gasteiger partial charge in [0.2, 0.25) is 0 Å². The number of carboxylic acids is 1. The number of hydrogen-bond donors (Lipinski definition) is 1. The van der Waals surface area contributed by atoms with Crippen molar-refractivity contribution in [3.8, 4) is 0 Å². The summed E-state index contributed by atoms with van der Waals surface area (Å²) < 4.78 is 6.07. The molecule has 86 valence electrons. The highest BCUT2D eigenvalue weighted by Gasteiger charge is 2.42. The molecule has 1 aliphatic carbocycles. The van der Waals surface area contributed by atoms with Gasteiger partial charge in [0.25, 0.3) is 0 Å². The lowest BCUT2D eigenvalue weighted by atomic mass is 9.97. The zero-order chi connectivity index (χ0) is 10.9. The zero-order valence-electron chi connectivity index (χ0n) is 9.37. The molecule has 15 heavy (non-hydrogen) atoms. The van der Waals surface area contributed by atoms with Crippen LogP contribution >= 0.6 is 0 Å². The first-order valence-electron chi connectivity index (χ1n) is 6.02. The maximum absolute atomic E-state index is 10.7. The van der Waals surface area contributed by atoms with Crippen molar-refractivity contribution in [2.45, 2.75) is 63.6 Å². The van der Waals surface area contributed by atoms with E-state index in [4.69, 9.17) is 9.84 Å². The highest BCUT2D eigenvalue weighted by atomic mass is 16.5. The third kappa shape index (κ3) is 2.33. The SMILES string of the molecule is CC(CC1CCC2(CCCC2)O1)C(=O)O. The normalized spacial score (nSPS) is 30.9. The van der Waals surface area contributed by atoms with E-state index in [0.717, 1.165) is 12.8 Å². The smallest absolute Gasteiger partial charge is 0.306 e. The third-order valence-electron chi connectivity index (χ3n) is 3.89. The van der Waals surface area contributed by atoms with Gasteiger partial charge in [0, 0.05) is 0 Å². The lowest BCUT2D eigenvalue weighted by Crippen LogP contribution is -2.26. The van der Waals surface area contributed by atoms with Gasteiger partial charge in [0.1, 0.15) is 0 Å². The predicted octanol–water partition coefficient (Wildman–Crippen LogP) is 2.59. The van der Waals surface area contributed by atoms with Gasteiger partial charge in [-0.3, -0.25) is 4.79 Å². The molecule has 1 spiro atoms. The second-order valence-electron chi connectivity index (χ2n) is 5.14. The van der Waals surface area contributed by atoms with Crippen molar-refractivity contribution in [3.05, 3.63) is 0 Å². The van der Waals surface area contributed by atoms with Crippen LogP contribution in [0.1, 0.15) is 51.9 Å². The number of carbonyl (C=O) groups is 1. The Hall–Kier alpha value is -0.570. The second kappa shape index (κ2) is 4.12. The van der Waals surface area contributed by atoms with Gasteiger partial charge in [-0.1, -0.05) is 19.8 Å². The van der Waals surface area contributed by atoms with E-state index in [9.17, 15) is 4.79 Å². The van der Waals surface area contributed by atoms with Crippen molar-refractivity contribution < 1.29 is 14.6 Å². The molecule has 3 heteroatoms. The van der Waals surface area contributed by atoms with Crippen LogP contribution < -0.4 is 0 Å². The Labute approximate surface area is 90.8 Å². The highest BCUT2D eigenvalue weighted by Crippen LogP contribution is 2.44. The molecule has 1 N–H and O–H groups in total. The first-order valence-corrected chi connectivity index (χ1v) is 6.02. The fraction of sp³-hybridized carbons (Fsp3) is 0.917. The maximum Gasteiger partial charge on any atom is 0.306 e. The summed E-state index contributed by atoms with van der Waals surface area (Å²) in [5, 5.41) is 8.84. The van der Waals surface area contributed by atoms with Gasteiger partial charge in [0.05, 0.1) is 17.6 Å². The van der Waals surface area contributed by atoms with Crippen molar-refractivity contribution in [2.24, 2.45) is 5.92 Å². The Morgan fingerprint density at radius 3 is 2.73 bits per heavy atom. The summed E-state index contributed by atoms with van der Waals surface area (Å²) in [5.41, 5.74) is 0.142. The van der Waals surface area contributed by atoms with E-state index < -0.39 is 5.97 Å². The van der Waals surface area contributed by atoms with Gasteiger partial charge in [-0.2, -0.15) is 0 Å². The van der Waals surface area contributed by atoms with Crippen molar-refractivity contribution in [2.75, 3.05) is 0 Å². The summed E-state index contributed by atoms with van der Waals surface area (Å²) in [4.78, 5) is 10.7. The van der Waals surface area contributed by atoms with Gasteiger partial charge >= 0.3 is 5.97 Å². The molecule has 2 aliphatic rings. The van der Waals surface area contributed by atoms with Crippen molar-refractivity contribution in [1.29, 1.82) is 0 Å². The average molecular weight is 212 g/mol. The Balaban J connectivity index is 1.84. The van der Waals surface area contributed by atoms with E-state index >= 15 is 0 Å². The van der Waals surface area contributed by atoms with Crippen molar-refractivity contribution in [3.63, 3.8) is 0 Å². The first-order chi connectivity index (χ1) is 7.11. The monoisotopic (exact) mass is 212 g/mol. The molecule has 0 aromatic carbocycles. The molecule has 1 aliphatic heterocycles. The van der Waals surface area contributed by atoms with Crippen molar-refractivity contribution >= 4 is 5.97 Å². The molecule has 1 heterocycles. The molecule has 0 radical (unpaired) electrons. The maximum atomic E-state index is 10.7. The average Bonchev–Trinajstić information content (AvgIpc) is 2.78. The molecule has 2 rings (SSSR count). The van der Waals surface area contributed by atoms with Crippen LogP contribution in [0.4, 0.5) is 0 Å². The topological polar surface area (TPSA) is 46.5 Å². The number of rotatable bonds is 3. The van der Waals surface area contributed by atoms with Crippen LogP contribution in [0.3, 0.4) is 0 Å². The molecule has 1 saturated carbocycles. The summed E-state index contributed by atoms with van der Waals surface area (Å²) in [5.74, 6) is -0.975. The Morgan fingerprint density at radius 1 is 1.47 bits per heavy atom. The van der Waals surface area contributed by atoms with Crippen LogP contribution in [0.15, 0.2) is 0 Å². The number of hydrogen-bond acceptors (Lipinski definition) is 2. The van der Waals surface area contributed by atoms with Gasteiger partial charge in [0.15, 0.2) is 0 Å². The van der Waals surface area contributed by atoms with E-state index in [1.54, 1.807) is 6.92 Å². The Bertz CT molecular complexity index is 243.